The first-order chi connectivity index (χ1) is 8.18. The number of aryl methyl sites for hydroxylation is 1. The Hall–Kier alpha value is -1.16. The molecule has 0 amide bonds. The lowest BCUT2D eigenvalue weighted by Crippen LogP contribution is -2.26. The van der Waals surface area contributed by atoms with Gasteiger partial charge in [0.05, 0.1) is 11.6 Å². The van der Waals surface area contributed by atoms with Crippen LogP contribution in [0, 0.1) is 18.3 Å². The summed E-state index contributed by atoms with van der Waals surface area (Å²) in [5.74, 6) is 0. The molecule has 0 unspecified atom stereocenters. The third-order valence-electron chi connectivity index (χ3n) is 4.25. The van der Waals surface area contributed by atoms with Crippen molar-refractivity contribution >= 4 is 15.7 Å². The average molecular weight is 237 g/mol. The smallest absolute Gasteiger partial charge is 0.105 e. The van der Waals surface area contributed by atoms with Gasteiger partial charge in [-0.2, -0.15) is 5.26 Å². The second-order valence-electron chi connectivity index (χ2n) is 7.22. The fourth-order valence-electron chi connectivity index (χ4n) is 3.20. The van der Waals surface area contributed by atoms with E-state index in [1.165, 1.54) is 22.3 Å². The fourth-order valence-corrected chi connectivity index (χ4v) is 3.20. The van der Waals surface area contributed by atoms with Gasteiger partial charge in [-0.3, -0.25) is 0 Å². The molecular formula is C15H21B2N. The molecule has 0 bridgehead atoms. The van der Waals surface area contributed by atoms with E-state index in [4.69, 9.17) is 0 Å². The Morgan fingerprint density at radius 1 is 1.33 bits per heavy atom. The molecule has 0 atom stereocenters. The molecule has 1 nitrogen and oxygen atoms in total. The van der Waals surface area contributed by atoms with E-state index < -0.39 is 0 Å². The third kappa shape index (κ3) is 1.88. The van der Waals surface area contributed by atoms with Crippen LogP contribution in [0.3, 0.4) is 0 Å². The number of benzene rings is 1. The minimum absolute atomic E-state index is 0.0313. The molecule has 1 aromatic rings. The first-order valence-corrected chi connectivity index (χ1v) is 6.76. The van der Waals surface area contributed by atoms with Gasteiger partial charge in [-0.1, -0.05) is 38.5 Å². The summed E-state index contributed by atoms with van der Waals surface area (Å²) < 4.78 is 0. The van der Waals surface area contributed by atoms with E-state index in [1.807, 2.05) is 0 Å². The van der Waals surface area contributed by atoms with Gasteiger partial charge in [0.15, 0.2) is 0 Å². The van der Waals surface area contributed by atoms with Crippen molar-refractivity contribution in [3.63, 3.8) is 0 Å². The number of nitrogens with zero attached hydrogens (tertiary/aromatic N) is 1. The SMILES string of the molecule is BC1(B)CCc2c(C)cc(C(C)(C)C)c(C#N)c21. The molecule has 18 heavy (non-hydrogen) atoms. The predicted molar refractivity (Wildman–Crippen MR) is 81.7 cm³/mol. The van der Waals surface area contributed by atoms with Crippen molar-refractivity contribution in [3.8, 4) is 6.07 Å². The molecule has 1 aromatic carbocycles. The monoisotopic (exact) mass is 237 g/mol. The van der Waals surface area contributed by atoms with E-state index in [2.05, 4.69) is 55.5 Å². The van der Waals surface area contributed by atoms with Gasteiger partial charge in [0.2, 0.25) is 0 Å². The largest absolute Gasteiger partial charge is 0.192 e. The predicted octanol–water partition coefficient (Wildman–Crippen LogP) is 1.53. The molecule has 0 saturated heterocycles. The molecule has 0 aromatic heterocycles. The molecule has 0 aliphatic heterocycles. The summed E-state index contributed by atoms with van der Waals surface area (Å²) in [6.07, 6.45) is 2.28. The second-order valence-corrected chi connectivity index (χ2v) is 7.22. The van der Waals surface area contributed by atoms with Crippen LogP contribution in [0.5, 0.6) is 0 Å². The van der Waals surface area contributed by atoms with Crippen LogP contribution in [0.4, 0.5) is 0 Å². The Morgan fingerprint density at radius 3 is 2.44 bits per heavy atom. The summed E-state index contributed by atoms with van der Waals surface area (Å²) in [7, 11) is 4.54. The molecule has 0 heterocycles. The average Bonchev–Trinajstić information content (AvgIpc) is 2.55. The molecule has 3 heteroatoms. The van der Waals surface area contributed by atoms with E-state index >= 15 is 0 Å². The summed E-state index contributed by atoms with van der Waals surface area (Å²) in [5.41, 5.74) is 6.27. The van der Waals surface area contributed by atoms with Crippen molar-refractivity contribution in [1.29, 1.82) is 5.26 Å². The maximum absolute atomic E-state index is 9.62. The van der Waals surface area contributed by atoms with Crippen LogP contribution >= 0.6 is 0 Å². The molecule has 0 fully saturated rings. The zero-order valence-electron chi connectivity index (χ0n) is 12.4. The Morgan fingerprint density at radius 2 is 1.94 bits per heavy atom. The van der Waals surface area contributed by atoms with E-state index in [-0.39, 0.29) is 10.6 Å². The van der Waals surface area contributed by atoms with Crippen LogP contribution in [0.1, 0.15) is 55.0 Å². The molecule has 0 N–H and O–H groups in total. The number of fused-ring (bicyclic) bond motifs is 1. The quantitative estimate of drug-likeness (QED) is 0.627. The molecular weight excluding hydrogens is 216 g/mol. The molecule has 92 valence electrons. The Balaban J connectivity index is 2.84. The maximum atomic E-state index is 9.62. The number of hydrogen-bond donors (Lipinski definition) is 0. The standard InChI is InChI=1S/C15H21B2N/c1-9-7-12(14(2,3)4)11(8-18)13-10(9)5-6-15(13,16)17/h7H,5-6,16-17H2,1-4H3. The van der Waals surface area contributed by atoms with Gasteiger partial charge in [0, 0.05) is 0 Å². The molecule has 2 rings (SSSR count). The minimum Gasteiger partial charge on any atom is -0.192 e. The van der Waals surface area contributed by atoms with Crippen molar-refractivity contribution in [2.75, 3.05) is 0 Å². The van der Waals surface area contributed by atoms with Gasteiger partial charge in [-0.25, -0.2) is 0 Å². The normalized spacial score (nSPS) is 17.3. The highest BCUT2D eigenvalue weighted by Crippen LogP contribution is 2.42. The molecule has 1 aliphatic carbocycles. The zero-order chi connectivity index (χ0) is 13.7. The summed E-state index contributed by atoms with van der Waals surface area (Å²) in [5, 5.41) is 9.76. The van der Waals surface area contributed by atoms with Crippen LogP contribution < -0.4 is 0 Å². The zero-order valence-corrected chi connectivity index (χ0v) is 12.4. The van der Waals surface area contributed by atoms with Gasteiger partial charge < -0.3 is 0 Å². The van der Waals surface area contributed by atoms with Gasteiger partial charge in [0.25, 0.3) is 0 Å². The first kappa shape index (κ1) is 13.3. The van der Waals surface area contributed by atoms with E-state index in [0.717, 1.165) is 18.4 Å². The lowest BCUT2D eigenvalue weighted by atomic mass is 9.50. The number of hydrogen-bond acceptors (Lipinski definition) is 1. The molecule has 0 radical (unpaired) electrons. The van der Waals surface area contributed by atoms with Gasteiger partial charge in [-0.15, -0.1) is 0 Å². The summed E-state index contributed by atoms with van der Waals surface area (Å²) in [6, 6.07) is 4.72. The molecule has 1 aliphatic rings. The first-order valence-electron chi connectivity index (χ1n) is 6.76. The van der Waals surface area contributed by atoms with Gasteiger partial charge >= 0.3 is 0 Å². The molecule has 0 saturated carbocycles. The molecule has 0 spiro atoms. The highest BCUT2D eigenvalue weighted by molar-refractivity contribution is 6.40. The van der Waals surface area contributed by atoms with Crippen molar-refractivity contribution in [2.24, 2.45) is 0 Å². The lowest BCUT2D eigenvalue weighted by Gasteiger charge is -2.27. The Bertz CT molecular complexity index is 545. The van der Waals surface area contributed by atoms with Crippen molar-refractivity contribution < 1.29 is 0 Å². The van der Waals surface area contributed by atoms with Crippen molar-refractivity contribution in [2.45, 2.75) is 51.2 Å². The Labute approximate surface area is 112 Å². The Kier molecular flexibility index (Phi) is 2.89. The van der Waals surface area contributed by atoms with Crippen LogP contribution in [0.15, 0.2) is 6.07 Å². The summed E-state index contributed by atoms with van der Waals surface area (Å²) in [6.45, 7) is 8.77. The second kappa shape index (κ2) is 3.92. The highest BCUT2D eigenvalue weighted by atomic mass is 14.4. The van der Waals surface area contributed by atoms with E-state index in [9.17, 15) is 5.26 Å². The maximum Gasteiger partial charge on any atom is 0.105 e. The number of rotatable bonds is 0. The summed E-state index contributed by atoms with van der Waals surface area (Å²) >= 11 is 0. The van der Waals surface area contributed by atoms with E-state index in [0.29, 0.717) is 0 Å². The number of nitriles is 1. The summed E-state index contributed by atoms with van der Waals surface area (Å²) in [4.78, 5) is 0. The minimum atomic E-state index is 0.0313. The third-order valence-corrected chi connectivity index (χ3v) is 4.25. The topological polar surface area (TPSA) is 23.8 Å². The van der Waals surface area contributed by atoms with Crippen LogP contribution in [-0.2, 0) is 17.0 Å². The van der Waals surface area contributed by atoms with Crippen LogP contribution in [0.25, 0.3) is 0 Å². The van der Waals surface area contributed by atoms with Gasteiger partial charge in [0.1, 0.15) is 15.7 Å². The fraction of sp³-hybridized carbons (Fsp3) is 0.533. The van der Waals surface area contributed by atoms with E-state index in [1.54, 1.807) is 0 Å². The lowest BCUT2D eigenvalue weighted by molar-refractivity contribution is 0.586. The van der Waals surface area contributed by atoms with Crippen molar-refractivity contribution in [3.05, 3.63) is 33.9 Å². The van der Waals surface area contributed by atoms with Crippen LogP contribution in [-0.4, -0.2) is 15.7 Å². The van der Waals surface area contributed by atoms with Crippen LogP contribution in [0.2, 0.25) is 0 Å². The van der Waals surface area contributed by atoms with Crippen molar-refractivity contribution in [1.82, 2.24) is 0 Å². The van der Waals surface area contributed by atoms with Gasteiger partial charge in [-0.05, 0) is 41.0 Å². The highest BCUT2D eigenvalue weighted by Gasteiger charge is 2.36.